The zero-order chi connectivity index (χ0) is 27.0. The van der Waals surface area contributed by atoms with E-state index in [0.29, 0.717) is 5.82 Å². The van der Waals surface area contributed by atoms with Gasteiger partial charge in [0.1, 0.15) is 5.75 Å². The number of ether oxygens (including phenoxy) is 2. The van der Waals surface area contributed by atoms with Crippen molar-refractivity contribution < 1.29 is 14.3 Å². The van der Waals surface area contributed by atoms with Crippen molar-refractivity contribution >= 4 is 16.7 Å². The topological polar surface area (TPSA) is 61.3 Å². The highest BCUT2D eigenvalue weighted by Crippen LogP contribution is 2.25. The highest BCUT2D eigenvalue weighted by atomic mass is 16.5. The van der Waals surface area contributed by atoms with E-state index >= 15 is 0 Å². The molecule has 38 heavy (non-hydrogen) atoms. The Labute approximate surface area is 228 Å². The number of unbranched alkanes of at least 4 members (excludes halogenated alkanes) is 8. The lowest BCUT2D eigenvalue weighted by Gasteiger charge is -2.09. The van der Waals surface area contributed by atoms with Gasteiger partial charge in [-0.15, -0.1) is 0 Å². The average Bonchev–Trinajstić information content (AvgIpc) is 2.91. The summed E-state index contributed by atoms with van der Waals surface area (Å²) >= 11 is 0. The molecule has 1 unspecified atom stereocenters. The van der Waals surface area contributed by atoms with Crippen LogP contribution in [0.25, 0.3) is 22.2 Å². The van der Waals surface area contributed by atoms with Crippen LogP contribution in [0.1, 0.15) is 97.0 Å². The van der Waals surface area contributed by atoms with Crippen LogP contribution in [0.2, 0.25) is 0 Å². The Morgan fingerprint density at radius 1 is 0.895 bits per heavy atom. The van der Waals surface area contributed by atoms with E-state index in [0.717, 1.165) is 59.9 Å². The molecule has 0 fully saturated rings. The third kappa shape index (κ3) is 10.5. The number of rotatable bonds is 15. The maximum Gasteiger partial charge on any atom is 0.302 e. The van der Waals surface area contributed by atoms with E-state index < -0.39 is 0 Å². The average molecular weight is 515 g/mol. The molecule has 1 atom stereocenters. The molecule has 0 spiro atoms. The summed E-state index contributed by atoms with van der Waals surface area (Å²) in [4.78, 5) is 20.0. The van der Waals surface area contributed by atoms with E-state index in [9.17, 15) is 4.79 Å². The molecule has 0 N–H and O–H groups in total. The predicted molar refractivity (Wildman–Crippen MR) is 155 cm³/mol. The first-order valence-electron chi connectivity index (χ1n) is 14.2. The van der Waals surface area contributed by atoms with Gasteiger partial charge in [0.2, 0.25) is 0 Å². The molecular weight excluding hydrogens is 472 g/mol. The van der Waals surface area contributed by atoms with E-state index in [1.165, 1.54) is 51.9 Å². The zero-order valence-electron chi connectivity index (χ0n) is 23.3. The smallest absolute Gasteiger partial charge is 0.302 e. The van der Waals surface area contributed by atoms with Crippen LogP contribution < -0.4 is 4.74 Å². The molecule has 0 saturated carbocycles. The fourth-order valence-electron chi connectivity index (χ4n) is 4.41. The maximum absolute atomic E-state index is 11.0. The Hall–Kier alpha value is -3.39. The molecule has 5 heteroatoms. The first-order chi connectivity index (χ1) is 18.5. The number of nitrogens with zero attached hydrogens (tertiary/aromatic N) is 2. The molecule has 202 valence electrons. The van der Waals surface area contributed by atoms with Crippen molar-refractivity contribution in [2.45, 2.75) is 97.5 Å². The molecule has 5 nitrogen and oxygen atoms in total. The van der Waals surface area contributed by atoms with Crippen molar-refractivity contribution in [2.24, 2.45) is 0 Å². The molecular formula is C33H42N2O3. The number of fused-ring (bicyclic) bond motifs is 1. The van der Waals surface area contributed by atoms with Gasteiger partial charge in [-0.25, -0.2) is 9.97 Å². The lowest BCUT2D eigenvalue weighted by Crippen LogP contribution is -2.11. The number of carbonyl (C=O) groups is 1. The monoisotopic (exact) mass is 514 g/mol. The molecule has 0 amide bonds. The Morgan fingerprint density at radius 2 is 1.58 bits per heavy atom. The van der Waals surface area contributed by atoms with Gasteiger partial charge in [-0.05, 0) is 55.2 Å². The molecule has 0 radical (unpaired) electrons. The van der Waals surface area contributed by atoms with Crippen LogP contribution in [0.5, 0.6) is 5.75 Å². The largest absolute Gasteiger partial charge is 0.494 e. The van der Waals surface area contributed by atoms with Gasteiger partial charge in [0.05, 0.1) is 18.3 Å². The standard InChI is InChI=1S/C33H42N2O3/c1-4-5-6-7-8-9-10-14-21-37-32-20-19-29-22-31(18-17-30(29)23-32)33-34-24-28(25-35-33)16-13-11-12-15-26(2)38-27(3)36/h17-20,22-26H,4-12,14-15,21H2,1-3H3. The van der Waals surface area contributed by atoms with Crippen LogP contribution in [0.3, 0.4) is 0 Å². The number of esters is 1. The van der Waals surface area contributed by atoms with Crippen molar-refractivity contribution in [2.75, 3.05) is 6.61 Å². The van der Waals surface area contributed by atoms with E-state index in [-0.39, 0.29) is 12.1 Å². The van der Waals surface area contributed by atoms with Gasteiger partial charge in [0.25, 0.3) is 0 Å². The van der Waals surface area contributed by atoms with Crippen LogP contribution in [0.4, 0.5) is 0 Å². The minimum absolute atomic E-state index is 0.0716. The van der Waals surface area contributed by atoms with E-state index in [4.69, 9.17) is 9.47 Å². The summed E-state index contributed by atoms with van der Waals surface area (Å²) in [6, 6.07) is 12.5. The summed E-state index contributed by atoms with van der Waals surface area (Å²) in [5.74, 6) is 7.63. The molecule has 0 saturated heterocycles. The Bertz CT molecular complexity index is 1190. The number of benzene rings is 2. The lowest BCUT2D eigenvalue weighted by molar-refractivity contribution is -0.145. The summed E-state index contributed by atoms with van der Waals surface area (Å²) in [6.45, 7) is 6.37. The van der Waals surface area contributed by atoms with Crippen LogP contribution in [-0.2, 0) is 9.53 Å². The first-order valence-corrected chi connectivity index (χ1v) is 14.2. The number of aromatic nitrogens is 2. The third-order valence-electron chi connectivity index (χ3n) is 6.50. The maximum atomic E-state index is 11.0. The summed E-state index contributed by atoms with van der Waals surface area (Å²) in [6.07, 6.45) is 16.3. The molecule has 3 aromatic rings. The van der Waals surface area contributed by atoms with Crippen molar-refractivity contribution in [1.29, 1.82) is 0 Å². The van der Waals surface area contributed by atoms with Gasteiger partial charge < -0.3 is 9.47 Å². The molecule has 1 aromatic heterocycles. The van der Waals surface area contributed by atoms with Crippen LogP contribution in [0.15, 0.2) is 48.8 Å². The predicted octanol–water partition coefficient (Wildman–Crippen LogP) is 8.29. The van der Waals surface area contributed by atoms with Gasteiger partial charge in [-0.1, -0.05) is 81.9 Å². The summed E-state index contributed by atoms with van der Waals surface area (Å²) in [5.41, 5.74) is 1.77. The minimum atomic E-state index is -0.240. The molecule has 0 aliphatic rings. The summed E-state index contributed by atoms with van der Waals surface area (Å²) < 4.78 is 11.1. The molecule has 3 rings (SSSR count). The first kappa shape index (κ1) is 29.2. The van der Waals surface area contributed by atoms with E-state index in [1.807, 2.05) is 13.0 Å². The normalized spacial score (nSPS) is 11.6. The van der Waals surface area contributed by atoms with Crippen LogP contribution in [0, 0.1) is 11.8 Å². The highest BCUT2D eigenvalue weighted by Gasteiger charge is 2.05. The van der Waals surface area contributed by atoms with E-state index in [1.54, 1.807) is 12.4 Å². The van der Waals surface area contributed by atoms with Crippen LogP contribution in [-0.4, -0.2) is 28.6 Å². The van der Waals surface area contributed by atoms with Gasteiger partial charge in [-0.2, -0.15) is 0 Å². The fraction of sp³-hybridized carbons (Fsp3) is 0.485. The highest BCUT2D eigenvalue weighted by molar-refractivity contribution is 5.87. The van der Waals surface area contributed by atoms with Gasteiger partial charge in [-0.3, -0.25) is 4.79 Å². The van der Waals surface area contributed by atoms with Crippen molar-refractivity contribution in [3.05, 3.63) is 54.4 Å². The molecule has 0 bridgehead atoms. The Morgan fingerprint density at radius 3 is 2.32 bits per heavy atom. The third-order valence-corrected chi connectivity index (χ3v) is 6.50. The second-order valence-corrected chi connectivity index (χ2v) is 9.96. The molecule has 1 heterocycles. The van der Waals surface area contributed by atoms with Gasteiger partial charge in [0.15, 0.2) is 5.82 Å². The lowest BCUT2D eigenvalue weighted by atomic mass is 10.1. The Balaban J connectivity index is 1.45. The summed E-state index contributed by atoms with van der Waals surface area (Å²) in [5, 5.41) is 2.28. The fourth-order valence-corrected chi connectivity index (χ4v) is 4.41. The van der Waals surface area contributed by atoms with Crippen molar-refractivity contribution in [1.82, 2.24) is 9.97 Å². The van der Waals surface area contributed by atoms with Gasteiger partial charge >= 0.3 is 5.97 Å². The molecule has 0 aliphatic heterocycles. The quantitative estimate of drug-likeness (QED) is 0.116. The number of carbonyl (C=O) groups excluding carboxylic acids is 1. The molecule has 0 aliphatic carbocycles. The molecule has 2 aromatic carbocycles. The summed E-state index contributed by atoms with van der Waals surface area (Å²) in [7, 11) is 0. The minimum Gasteiger partial charge on any atom is -0.494 e. The van der Waals surface area contributed by atoms with Crippen LogP contribution >= 0.6 is 0 Å². The number of hydrogen-bond acceptors (Lipinski definition) is 5. The van der Waals surface area contributed by atoms with Crippen molar-refractivity contribution in [3.8, 4) is 29.0 Å². The number of hydrogen-bond donors (Lipinski definition) is 0. The van der Waals surface area contributed by atoms with Gasteiger partial charge in [0, 0.05) is 31.3 Å². The van der Waals surface area contributed by atoms with Crippen molar-refractivity contribution in [3.63, 3.8) is 0 Å². The second-order valence-electron chi connectivity index (χ2n) is 9.96. The SMILES string of the molecule is CCCCCCCCCCOc1ccc2cc(-c3ncc(C#CCCCC(C)OC(C)=O)cn3)ccc2c1. The zero-order valence-corrected chi connectivity index (χ0v) is 23.3. The Kier molecular flexibility index (Phi) is 12.6. The van der Waals surface area contributed by atoms with E-state index in [2.05, 4.69) is 59.1 Å². The second kappa shape index (κ2) is 16.5.